The molecule has 0 aliphatic rings. The van der Waals surface area contributed by atoms with Crippen molar-refractivity contribution < 1.29 is 0 Å². The minimum Gasteiger partial charge on any atom is -0.376 e. The van der Waals surface area contributed by atoms with E-state index in [9.17, 15) is 0 Å². The lowest BCUT2D eigenvalue weighted by Crippen LogP contribution is -2.12. The topological polar surface area (TPSA) is 58.4 Å². The van der Waals surface area contributed by atoms with Crippen LogP contribution < -0.4 is 10.2 Å². The number of pyridine rings is 1. The fourth-order valence-electron chi connectivity index (χ4n) is 2.15. The van der Waals surface area contributed by atoms with Gasteiger partial charge >= 0.3 is 0 Å². The molecular formula is C14H15BrN6. The van der Waals surface area contributed by atoms with E-state index in [2.05, 4.69) is 41.1 Å². The normalized spacial score (nSPS) is 10.8. The van der Waals surface area contributed by atoms with Crippen LogP contribution in [0.5, 0.6) is 0 Å². The maximum Gasteiger partial charge on any atom is 0.155 e. The van der Waals surface area contributed by atoms with E-state index in [0.29, 0.717) is 6.54 Å². The number of fused-ring (bicyclic) bond motifs is 1. The highest BCUT2D eigenvalue weighted by molar-refractivity contribution is 9.10. The van der Waals surface area contributed by atoms with Crippen molar-refractivity contribution in [3.05, 3.63) is 47.3 Å². The molecule has 3 heterocycles. The second kappa shape index (κ2) is 5.69. The molecule has 108 valence electrons. The first-order chi connectivity index (χ1) is 10.1. The van der Waals surface area contributed by atoms with E-state index in [-0.39, 0.29) is 0 Å². The number of anilines is 2. The summed E-state index contributed by atoms with van der Waals surface area (Å²) in [4.78, 5) is 14.7. The van der Waals surface area contributed by atoms with E-state index < -0.39 is 0 Å². The first kappa shape index (κ1) is 13.8. The molecule has 7 heteroatoms. The average molecular weight is 347 g/mol. The van der Waals surface area contributed by atoms with Gasteiger partial charge in [-0.25, -0.2) is 9.97 Å². The Balaban J connectivity index is 1.85. The minimum atomic E-state index is 0.657. The second-order valence-corrected chi connectivity index (χ2v) is 5.64. The molecule has 3 aromatic heterocycles. The van der Waals surface area contributed by atoms with Crippen molar-refractivity contribution in [3.63, 3.8) is 0 Å². The number of aromatic nitrogens is 4. The molecule has 0 aromatic carbocycles. The quantitative estimate of drug-likeness (QED) is 0.786. The van der Waals surface area contributed by atoms with Gasteiger partial charge in [-0.3, -0.25) is 9.38 Å². The summed E-state index contributed by atoms with van der Waals surface area (Å²) >= 11 is 3.38. The van der Waals surface area contributed by atoms with Crippen LogP contribution in [-0.4, -0.2) is 33.4 Å². The van der Waals surface area contributed by atoms with Gasteiger partial charge < -0.3 is 10.2 Å². The molecule has 0 amide bonds. The molecule has 21 heavy (non-hydrogen) atoms. The Morgan fingerprint density at radius 3 is 2.90 bits per heavy atom. The molecular weight excluding hydrogens is 332 g/mol. The Bertz CT molecular complexity index is 767. The molecule has 0 bridgehead atoms. The molecule has 0 unspecified atom stereocenters. The molecule has 0 aliphatic carbocycles. The summed E-state index contributed by atoms with van der Waals surface area (Å²) in [6.07, 6.45) is 9.12. The molecule has 0 spiro atoms. The van der Waals surface area contributed by atoms with Gasteiger partial charge in [0.1, 0.15) is 4.60 Å². The number of halogens is 1. The van der Waals surface area contributed by atoms with E-state index in [4.69, 9.17) is 0 Å². The molecule has 0 radical (unpaired) electrons. The molecule has 1 N–H and O–H groups in total. The number of nitrogens with one attached hydrogen (secondary N) is 1. The molecule has 3 rings (SSSR count). The lowest BCUT2D eigenvalue weighted by Gasteiger charge is -2.17. The molecule has 6 nitrogen and oxygen atoms in total. The van der Waals surface area contributed by atoms with Crippen LogP contribution in [0.4, 0.5) is 11.4 Å². The molecule has 0 saturated carbocycles. The number of hydrogen-bond donors (Lipinski definition) is 1. The zero-order valence-corrected chi connectivity index (χ0v) is 13.4. The highest BCUT2D eigenvalue weighted by atomic mass is 79.9. The van der Waals surface area contributed by atoms with Crippen LogP contribution in [0.1, 0.15) is 5.69 Å². The van der Waals surface area contributed by atoms with E-state index >= 15 is 0 Å². The molecule has 0 atom stereocenters. The first-order valence-corrected chi connectivity index (χ1v) is 7.27. The van der Waals surface area contributed by atoms with Crippen molar-refractivity contribution in [2.24, 2.45) is 0 Å². The van der Waals surface area contributed by atoms with E-state index in [1.807, 2.05) is 43.2 Å². The summed E-state index contributed by atoms with van der Waals surface area (Å²) in [6, 6.07) is 1.98. The third-order valence-corrected chi connectivity index (χ3v) is 3.59. The van der Waals surface area contributed by atoms with Crippen molar-refractivity contribution in [2.75, 3.05) is 24.3 Å². The fourth-order valence-corrected chi connectivity index (χ4v) is 2.45. The Hall–Kier alpha value is -2.15. The third kappa shape index (κ3) is 2.82. The third-order valence-electron chi connectivity index (χ3n) is 3.18. The number of hydrogen-bond acceptors (Lipinski definition) is 5. The summed E-state index contributed by atoms with van der Waals surface area (Å²) in [6.45, 7) is 0.657. The van der Waals surface area contributed by atoms with Gasteiger partial charge in [0.15, 0.2) is 5.65 Å². The minimum absolute atomic E-state index is 0.657. The Morgan fingerprint density at radius 2 is 2.10 bits per heavy atom. The molecule has 0 saturated heterocycles. The van der Waals surface area contributed by atoms with Crippen LogP contribution >= 0.6 is 15.9 Å². The Morgan fingerprint density at radius 1 is 1.24 bits per heavy atom. The van der Waals surface area contributed by atoms with Crippen molar-refractivity contribution in [1.82, 2.24) is 19.4 Å². The maximum absolute atomic E-state index is 4.34. The highest BCUT2D eigenvalue weighted by Gasteiger charge is 2.07. The fraction of sp³-hybridized carbons (Fsp3) is 0.214. The summed E-state index contributed by atoms with van der Waals surface area (Å²) in [5.41, 5.74) is 3.97. The van der Waals surface area contributed by atoms with Crippen LogP contribution in [0.25, 0.3) is 5.65 Å². The van der Waals surface area contributed by atoms with Gasteiger partial charge in [-0.15, -0.1) is 0 Å². The number of nitrogens with zero attached hydrogens (tertiary/aromatic N) is 5. The van der Waals surface area contributed by atoms with Gasteiger partial charge in [0.05, 0.1) is 42.2 Å². The standard InChI is InChI=1S/C14H15BrN6/c1-20(2)12-3-4-16-7-11(12)17-5-10-6-19-14-8-18-13(15)9-21(10)14/h3-4,6-9,17H,5H2,1-2H3. The van der Waals surface area contributed by atoms with Crippen LogP contribution in [0, 0.1) is 0 Å². The molecule has 3 aromatic rings. The lowest BCUT2D eigenvalue weighted by molar-refractivity contribution is 0.978. The summed E-state index contributed by atoms with van der Waals surface area (Å²) in [5, 5.41) is 3.41. The van der Waals surface area contributed by atoms with E-state index in [1.165, 1.54) is 0 Å². The van der Waals surface area contributed by atoms with Gasteiger partial charge in [0, 0.05) is 26.5 Å². The van der Waals surface area contributed by atoms with Crippen molar-refractivity contribution in [3.8, 4) is 0 Å². The smallest absolute Gasteiger partial charge is 0.155 e. The lowest BCUT2D eigenvalue weighted by atomic mass is 10.3. The first-order valence-electron chi connectivity index (χ1n) is 6.48. The Labute approximate surface area is 131 Å². The van der Waals surface area contributed by atoms with E-state index in [0.717, 1.165) is 27.3 Å². The summed E-state index contributed by atoms with van der Waals surface area (Å²) < 4.78 is 2.79. The van der Waals surface area contributed by atoms with Crippen molar-refractivity contribution >= 4 is 33.0 Å². The molecule has 0 fully saturated rings. The average Bonchev–Trinajstić information content (AvgIpc) is 2.87. The SMILES string of the molecule is CN(C)c1ccncc1NCc1cnc2cnc(Br)cn12. The second-order valence-electron chi connectivity index (χ2n) is 4.83. The zero-order chi connectivity index (χ0) is 14.8. The number of rotatable bonds is 4. The predicted molar refractivity (Wildman–Crippen MR) is 86.6 cm³/mol. The largest absolute Gasteiger partial charge is 0.376 e. The van der Waals surface area contributed by atoms with E-state index in [1.54, 1.807) is 12.4 Å². The van der Waals surface area contributed by atoms with Gasteiger partial charge in [0.25, 0.3) is 0 Å². The maximum atomic E-state index is 4.34. The number of imidazole rings is 1. The summed E-state index contributed by atoms with van der Waals surface area (Å²) in [5.74, 6) is 0. The van der Waals surface area contributed by atoms with Gasteiger partial charge in [-0.1, -0.05) is 0 Å². The van der Waals surface area contributed by atoms with Crippen molar-refractivity contribution in [1.29, 1.82) is 0 Å². The van der Waals surface area contributed by atoms with Crippen LogP contribution in [0.2, 0.25) is 0 Å². The molecule has 0 aliphatic heterocycles. The monoisotopic (exact) mass is 346 g/mol. The van der Waals surface area contributed by atoms with Gasteiger partial charge in [0.2, 0.25) is 0 Å². The zero-order valence-electron chi connectivity index (χ0n) is 11.8. The van der Waals surface area contributed by atoms with Crippen LogP contribution in [0.3, 0.4) is 0 Å². The van der Waals surface area contributed by atoms with Gasteiger partial charge in [-0.05, 0) is 22.0 Å². The van der Waals surface area contributed by atoms with Crippen LogP contribution in [0.15, 0.2) is 41.7 Å². The summed E-state index contributed by atoms with van der Waals surface area (Å²) in [7, 11) is 4.02. The van der Waals surface area contributed by atoms with Crippen molar-refractivity contribution in [2.45, 2.75) is 6.54 Å². The highest BCUT2D eigenvalue weighted by Crippen LogP contribution is 2.23. The van der Waals surface area contributed by atoms with Crippen LogP contribution in [-0.2, 0) is 6.54 Å². The predicted octanol–water partition coefficient (Wildman–Crippen LogP) is 2.56. The van der Waals surface area contributed by atoms with Gasteiger partial charge in [-0.2, -0.15) is 0 Å². The Kier molecular flexibility index (Phi) is 3.74.